The predicted octanol–water partition coefficient (Wildman–Crippen LogP) is 4.69. The van der Waals surface area contributed by atoms with Gasteiger partial charge in [0.15, 0.2) is 11.5 Å². The van der Waals surface area contributed by atoms with Crippen molar-refractivity contribution in [2.45, 2.75) is 6.42 Å². The summed E-state index contributed by atoms with van der Waals surface area (Å²) in [6, 6.07) is 17.1. The van der Waals surface area contributed by atoms with Crippen molar-refractivity contribution in [3.05, 3.63) is 64.9 Å². The van der Waals surface area contributed by atoms with E-state index in [9.17, 15) is 4.79 Å². The van der Waals surface area contributed by atoms with Gasteiger partial charge < -0.3 is 20.1 Å². The molecule has 0 radical (unpaired) electrons. The molecule has 0 aliphatic heterocycles. The van der Waals surface area contributed by atoms with Crippen molar-refractivity contribution in [2.24, 2.45) is 0 Å². The zero-order valence-corrected chi connectivity index (χ0v) is 15.4. The van der Waals surface area contributed by atoms with E-state index >= 15 is 0 Å². The number of amides is 1. The Kier molecular flexibility index (Phi) is 5.76. The second-order valence-corrected chi connectivity index (χ2v) is 6.61. The van der Waals surface area contributed by atoms with Gasteiger partial charge in [0, 0.05) is 28.0 Å². The van der Waals surface area contributed by atoms with E-state index in [-0.39, 0.29) is 5.91 Å². The fourth-order valence-electron chi connectivity index (χ4n) is 2.49. The van der Waals surface area contributed by atoms with Crippen molar-refractivity contribution in [2.75, 3.05) is 24.9 Å². The van der Waals surface area contributed by atoms with Gasteiger partial charge in [0.1, 0.15) is 0 Å². The number of nitrogens with one attached hydrogen (secondary N) is 2. The molecular weight excluding hydrogens is 348 g/mol. The molecule has 6 heteroatoms. The monoisotopic (exact) mass is 368 g/mol. The summed E-state index contributed by atoms with van der Waals surface area (Å²) >= 11 is 1.58. The summed E-state index contributed by atoms with van der Waals surface area (Å²) < 4.78 is 10.5. The smallest absolute Gasteiger partial charge is 0.229 e. The molecule has 5 nitrogen and oxygen atoms in total. The van der Waals surface area contributed by atoms with Gasteiger partial charge in [0.05, 0.1) is 20.6 Å². The first-order chi connectivity index (χ1) is 12.7. The molecule has 0 spiro atoms. The maximum absolute atomic E-state index is 12.0. The molecule has 0 saturated heterocycles. The number of carbonyl (C=O) groups is 1. The van der Waals surface area contributed by atoms with Gasteiger partial charge in [-0.2, -0.15) is 0 Å². The molecule has 3 aromatic rings. The maximum atomic E-state index is 12.0. The maximum Gasteiger partial charge on any atom is 0.229 e. The number of anilines is 3. The second-order valence-electron chi connectivity index (χ2n) is 5.58. The molecule has 0 fully saturated rings. The van der Waals surface area contributed by atoms with E-state index in [0.717, 1.165) is 21.9 Å². The van der Waals surface area contributed by atoms with E-state index in [2.05, 4.69) is 10.6 Å². The highest BCUT2D eigenvalue weighted by atomic mass is 32.1. The molecule has 134 valence electrons. The van der Waals surface area contributed by atoms with Gasteiger partial charge in [-0.25, -0.2) is 0 Å². The topological polar surface area (TPSA) is 59.6 Å². The highest BCUT2D eigenvalue weighted by molar-refractivity contribution is 7.10. The Hall–Kier alpha value is -2.99. The predicted molar refractivity (Wildman–Crippen MR) is 106 cm³/mol. The van der Waals surface area contributed by atoms with E-state index < -0.39 is 0 Å². The molecule has 0 aliphatic carbocycles. The van der Waals surface area contributed by atoms with Gasteiger partial charge in [-0.15, -0.1) is 11.3 Å². The highest BCUT2D eigenvalue weighted by Crippen LogP contribution is 2.31. The van der Waals surface area contributed by atoms with Crippen LogP contribution >= 0.6 is 11.3 Å². The van der Waals surface area contributed by atoms with Gasteiger partial charge in [-0.05, 0) is 47.8 Å². The molecule has 0 bridgehead atoms. The number of carbonyl (C=O) groups excluding carboxylic acids is 1. The third-order valence-electron chi connectivity index (χ3n) is 3.76. The largest absolute Gasteiger partial charge is 0.493 e. The molecule has 26 heavy (non-hydrogen) atoms. The second kappa shape index (κ2) is 8.40. The lowest BCUT2D eigenvalue weighted by atomic mass is 10.2. The molecule has 1 aromatic heterocycles. The SMILES string of the molecule is COc1ccc(Nc2ccc(NC(=O)Cc3cccs3)cc2)cc1OC. The number of methoxy groups -OCH3 is 2. The zero-order chi connectivity index (χ0) is 18.4. The minimum absolute atomic E-state index is 0.0203. The molecule has 0 saturated carbocycles. The van der Waals surface area contributed by atoms with Crippen LogP contribution in [0, 0.1) is 0 Å². The summed E-state index contributed by atoms with van der Waals surface area (Å²) in [6.07, 6.45) is 0.392. The Balaban J connectivity index is 1.61. The summed E-state index contributed by atoms with van der Waals surface area (Å²) in [5.74, 6) is 1.32. The number of rotatable bonds is 7. The van der Waals surface area contributed by atoms with E-state index in [1.165, 1.54) is 0 Å². The number of thiophene rings is 1. The van der Waals surface area contributed by atoms with Crippen LogP contribution in [-0.2, 0) is 11.2 Å². The van der Waals surface area contributed by atoms with Crippen LogP contribution in [-0.4, -0.2) is 20.1 Å². The summed E-state index contributed by atoms with van der Waals surface area (Å²) in [7, 11) is 3.21. The van der Waals surface area contributed by atoms with E-state index in [0.29, 0.717) is 17.9 Å². The molecule has 2 N–H and O–H groups in total. The van der Waals surface area contributed by atoms with Gasteiger partial charge in [0.25, 0.3) is 0 Å². The van der Waals surface area contributed by atoms with Crippen LogP contribution in [0.15, 0.2) is 60.0 Å². The zero-order valence-electron chi connectivity index (χ0n) is 14.6. The van der Waals surface area contributed by atoms with Crippen LogP contribution in [0.4, 0.5) is 17.1 Å². The van der Waals surface area contributed by atoms with E-state index in [1.54, 1.807) is 25.6 Å². The number of benzene rings is 2. The number of ether oxygens (including phenoxy) is 2. The van der Waals surface area contributed by atoms with E-state index in [4.69, 9.17) is 9.47 Å². The Morgan fingerprint density at radius 1 is 0.923 bits per heavy atom. The fraction of sp³-hybridized carbons (Fsp3) is 0.150. The van der Waals surface area contributed by atoms with E-state index in [1.807, 2.05) is 60.0 Å². The van der Waals surface area contributed by atoms with Crippen molar-refractivity contribution in [3.63, 3.8) is 0 Å². The van der Waals surface area contributed by atoms with Crippen molar-refractivity contribution in [3.8, 4) is 11.5 Å². The molecule has 2 aromatic carbocycles. The molecule has 3 rings (SSSR count). The summed E-state index contributed by atoms with van der Waals surface area (Å²) in [5.41, 5.74) is 2.56. The van der Waals surface area contributed by atoms with Gasteiger partial charge in [-0.3, -0.25) is 4.79 Å². The van der Waals surface area contributed by atoms with Gasteiger partial charge in [0.2, 0.25) is 5.91 Å². The number of hydrogen-bond donors (Lipinski definition) is 2. The normalized spacial score (nSPS) is 10.2. The Morgan fingerprint density at radius 2 is 1.62 bits per heavy atom. The van der Waals surface area contributed by atoms with Crippen molar-refractivity contribution >= 4 is 34.3 Å². The Morgan fingerprint density at radius 3 is 2.27 bits per heavy atom. The van der Waals surface area contributed by atoms with Crippen LogP contribution in [0.2, 0.25) is 0 Å². The quantitative estimate of drug-likeness (QED) is 0.635. The van der Waals surface area contributed by atoms with Crippen LogP contribution in [0.3, 0.4) is 0 Å². The summed E-state index contributed by atoms with van der Waals surface area (Å²) in [5, 5.41) is 8.18. The van der Waals surface area contributed by atoms with Crippen LogP contribution in [0.25, 0.3) is 0 Å². The lowest BCUT2D eigenvalue weighted by Gasteiger charge is -2.12. The fourth-order valence-corrected chi connectivity index (χ4v) is 3.20. The molecule has 0 atom stereocenters. The summed E-state index contributed by atoms with van der Waals surface area (Å²) in [6.45, 7) is 0. The average Bonchev–Trinajstić information content (AvgIpc) is 3.16. The van der Waals surface area contributed by atoms with Gasteiger partial charge in [-0.1, -0.05) is 6.07 Å². The van der Waals surface area contributed by atoms with Crippen LogP contribution in [0.5, 0.6) is 11.5 Å². The molecule has 1 heterocycles. The van der Waals surface area contributed by atoms with Crippen molar-refractivity contribution < 1.29 is 14.3 Å². The Bertz CT molecular complexity index is 861. The average molecular weight is 368 g/mol. The lowest BCUT2D eigenvalue weighted by Crippen LogP contribution is -2.13. The van der Waals surface area contributed by atoms with Crippen molar-refractivity contribution in [1.82, 2.24) is 0 Å². The first kappa shape index (κ1) is 17.8. The standard InChI is InChI=1S/C20H20N2O3S/c1-24-18-10-9-16(12-19(18)25-2)21-14-5-7-15(8-6-14)22-20(23)13-17-4-3-11-26-17/h3-12,21H,13H2,1-2H3,(H,22,23). The van der Waals surface area contributed by atoms with Crippen LogP contribution < -0.4 is 20.1 Å². The van der Waals surface area contributed by atoms with Gasteiger partial charge >= 0.3 is 0 Å². The third kappa shape index (κ3) is 4.55. The highest BCUT2D eigenvalue weighted by Gasteiger charge is 2.06. The molecule has 1 amide bonds. The van der Waals surface area contributed by atoms with Crippen molar-refractivity contribution in [1.29, 1.82) is 0 Å². The first-order valence-electron chi connectivity index (χ1n) is 8.09. The molecular formula is C20H20N2O3S. The first-order valence-corrected chi connectivity index (χ1v) is 8.97. The molecule has 0 aliphatic rings. The minimum Gasteiger partial charge on any atom is -0.493 e. The number of hydrogen-bond acceptors (Lipinski definition) is 5. The molecule has 0 unspecified atom stereocenters. The Labute approximate surface area is 156 Å². The van der Waals surface area contributed by atoms with Crippen LogP contribution in [0.1, 0.15) is 4.88 Å². The third-order valence-corrected chi connectivity index (χ3v) is 4.63. The lowest BCUT2D eigenvalue weighted by molar-refractivity contribution is -0.115. The summed E-state index contributed by atoms with van der Waals surface area (Å²) in [4.78, 5) is 13.1. The minimum atomic E-state index is -0.0203.